The minimum atomic E-state index is -1.61. The molecule has 0 saturated carbocycles. The molecule has 0 bridgehead atoms. The van der Waals surface area contributed by atoms with Gasteiger partial charge in [0.2, 0.25) is 0 Å². The molecule has 0 unspecified atom stereocenters. The molecule has 0 aliphatic rings. The van der Waals surface area contributed by atoms with Crippen LogP contribution in [0.15, 0.2) is 30.3 Å². The zero-order valence-electron chi connectivity index (χ0n) is 8.38. The number of aliphatic hydroxyl groups is 1. The number of carbonyl (C=O) groups excluding carboxylic acids is 1. The molecular weight excluding hydrogens is 210 g/mol. The van der Waals surface area contributed by atoms with Gasteiger partial charge in [0.25, 0.3) is 5.78 Å². The maximum Gasteiger partial charge on any atom is 0.376 e. The number of nitrogens with two attached hydrogens (primary N) is 1. The Morgan fingerprint density at radius 2 is 2.00 bits per heavy atom. The van der Waals surface area contributed by atoms with Crippen LogP contribution in [0.2, 0.25) is 0 Å². The molecule has 1 rings (SSSR count). The first-order valence-electron chi connectivity index (χ1n) is 4.52. The summed E-state index contributed by atoms with van der Waals surface area (Å²) in [4.78, 5) is 21.1. The van der Waals surface area contributed by atoms with Crippen LogP contribution in [0.3, 0.4) is 0 Å². The van der Waals surface area contributed by atoms with Crippen LogP contribution in [0.25, 0.3) is 5.76 Å². The third-order valence-corrected chi connectivity index (χ3v) is 1.94. The van der Waals surface area contributed by atoms with Crippen LogP contribution in [0.4, 0.5) is 0 Å². The summed E-state index contributed by atoms with van der Waals surface area (Å²) in [5, 5.41) is 17.8. The molecule has 0 saturated heterocycles. The van der Waals surface area contributed by atoms with E-state index in [0.29, 0.717) is 18.2 Å². The molecular formula is C11H11NO4. The van der Waals surface area contributed by atoms with E-state index in [2.05, 4.69) is 0 Å². The van der Waals surface area contributed by atoms with Crippen molar-refractivity contribution in [2.24, 2.45) is 5.73 Å². The minimum Gasteiger partial charge on any atom is -0.507 e. The Balaban J connectivity index is 2.99. The molecule has 0 spiro atoms. The van der Waals surface area contributed by atoms with Gasteiger partial charge in [-0.05, 0) is 11.6 Å². The van der Waals surface area contributed by atoms with Gasteiger partial charge in [-0.1, -0.05) is 18.2 Å². The number of rotatable bonds is 4. The Morgan fingerprint density at radius 3 is 2.56 bits per heavy atom. The fourth-order valence-corrected chi connectivity index (χ4v) is 1.13. The molecule has 84 valence electrons. The van der Waals surface area contributed by atoms with Crippen LogP contribution < -0.4 is 5.73 Å². The highest BCUT2D eigenvalue weighted by atomic mass is 16.4. The topological polar surface area (TPSA) is 101 Å². The predicted octanol–water partition coefficient (Wildman–Crippen LogP) is 0.698. The predicted molar refractivity (Wildman–Crippen MR) is 57.6 cm³/mol. The van der Waals surface area contributed by atoms with Crippen molar-refractivity contribution in [2.45, 2.75) is 6.54 Å². The van der Waals surface area contributed by atoms with Crippen LogP contribution in [-0.2, 0) is 16.1 Å². The van der Waals surface area contributed by atoms with Crippen LogP contribution in [-0.4, -0.2) is 22.0 Å². The maximum atomic E-state index is 10.8. The van der Waals surface area contributed by atoms with Crippen molar-refractivity contribution in [1.82, 2.24) is 0 Å². The fourth-order valence-electron chi connectivity index (χ4n) is 1.13. The SMILES string of the molecule is NCc1cccc(/C(O)=C/C(=O)C(=O)O)c1. The number of ketones is 1. The van der Waals surface area contributed by atoms with Crippen LogP contribution >= 0.6 is 0 Å². The summed E-state index contributed by atoms with van der Waals surface area (Å²) in [5.41, 5.74) is 6.54. The Bertz CT molecular complexity index is 451. The second kappa shape index (κ2) is 5.09. The molecule has 0 amide bonds. The molecule has 5 heteroatoms. The lowest BCUT2D eigenvalue weighted by Crippen LogP contribution is -2.09. The van der Waals surface area contributed by atoms with E-state index in [-0.39, 0.29) is 5.76 Å². The van der Waals surface area contributed by atoms with E-state index in [4.69, 9.17) is 10.8 Å². The Kier molecular flexibility index (Phi) is 3.79. The molecule has 1 aromatic rings. The average molecular weight is 221 g/mol. The van der Waals surface area contributed by atoms with Crippen LogP contribution in [0.5, 0.6) is 0 Å². The van der Waals surface area contributed by atoms with E-state index in [9.17, 15) is 14.7 Å². The molecule has 0 heterocycles. The Morgan fingerprint density at radius 1 is 1.31 bits per heavy atom. The lowest BCUT2D eigenvalue weighted by Gasteiger charge is -2.02. The molecule has 0 aromatic heterocycles. The maximum absolute atomic E-state index is 10.8. The number of benzene rings is 1. The number of carboxylic acids is 1. The zero-order valence-corrected chi connectivity index (χ0v) is 8.38. The molecule has 0 aliphatic carbocycles. The molecule has 5 nitrogen and oxygen atoms in total. The highest BCUT2D eigenvalue weighted by Crippen LogP contribution is 2.13. The summed E-state index contributed by atoms with van der Waals surface area (Å²) < 4.78 is 0. The quantitative estimate of drug-likeness (QED) is 0.394. The molecule has 1 aromatic carbocycles. The van der Waals surface area contributed by atoms with E-state index in [1.54, 1.807) is 24.3 Å². The average Bonchev–Trinajstić information content (AvgIpc) is 2.28. The van der Waals surface area contributed by atoms with E-state index in [1.165, 1.54) is 0 Å². The number of hydrogen-bond acceptors (Lipinski definition) is 4. The number of aliphatic hydroxyl groups excluding tert-OH is 1. The van der Waals surface area contributed by atoms with Gasteiger partial charge in [0.05, 0.1) is 0 Å². The first kappa shape index (κ1) is 11.9. The largest absolute Gasteiger partial charge is 0.507 e. The highest BCUT2D eigenvalue weighted by Gasteiger charge is 2.10. The first-order chi connectivity index (χ1) is 7.54. The second-order valence-electron chi connectivity index (χ2n) is 3.10. The molecule has 0 radical (unpaired) electrons. The number of aliphatic carboxylic acids is 1. The van der Waals surface area contributed by atoms with Crippen molar-refractivity contribution in [3.05, 3.63) is 41.5 Å². The monoisotopic (exact) mass is 221 g/mol. The van der Waals surface area contributed by atoms with E-state index < -0.39 is 11.8 Å². The zero-order chi connectivity index (χ0) is 12.1. The van der Waals surface area contributed by atoms with Crippen LogP contribution in [0.1, 0.15) is 11.1 Å². The summed E-state index contributed by atoms with van der Waals surface area (Å²) in [6.45, 7) is 0.300. The minimum absolute atomic E-state index is 0.300. The normalized spacial score (nSPS) is 11.2. The highest BCUT2D eigenvalue weighted by molar-refractivity contribution is 6.38. The first-order valence-corrected chi connectivity index (χ1v) is 4.52. The summed E-state index contributed by atoms with van der Waals surface area (Å²) in [7, 11) is 0. The number of carbonyl (C=O) groups is 2. The lowest BCUT2D eigenvalue weighted by molar-refractivity contribution is -0.146. The van der Waals surface area contributed by atoms with Crippen molar-refractivity contribution in [3.63, 3.8) is 0 Å². The Hall–Kier alpha value is -2.14. The summed E-state index contributed by atoms with van der Waals surface area (Å²) in [6, 6.07) is 6.56. The van der Waals surface area contributed by atoms with Crippen molar-refractivity contribution < 1.29 is 19.8 Å². The summed E-state index contributed by atoms with van der Waals surface area (Å²) >= 11 is 0. The van der Waals surface area contributed by atoms with E-state index in [0.717, 1.165) is 5.56 Å². The fraction of sp³-hybridized carbons (Fsp3) is 0.0909. The van der Waals surface area contributed by atoms with E-state index in [1.807, 2.05) is 0 Å². The summed E-state index contributed by atoms with van der Waals surface area (Å²) in [5.74, 6) is -3.17. The van der Waals surface area contributed by atoms with Crippen LogP contribution in [0, 0.1) is 0 Å². The Labute approximate surface area is 91.8 Å². The smallest absolute Gasteiger partial charge is 0.376 e. The lowest BCUT2D eigenvalue weighted by atomic mass is 10.1. The van der Waals surface area contributed by atoms with Gasteiger partial charge in [-0.3, -0.25) is 4.79 Å². The standard InChI is InChI=1S/C11H11NO4/c12-6-7-2-1-3-8(4-7)9(13)5-10(14)11(15)16/h1-5,13H,6,12H2,(H,15,16)/b9-5-. The van der Waals surface area contributed by atoms with Gasteiger partial charge < -0.3 is 15.9 Å². The van der Waals surface area contributed by atoms with E-state index >= 15 is 0 Å². The number of carboxylic acid groups (broad SMARTS) is 1. The summed E-state index contributed by atoms with van der Waals surface area (Å²) in [6.07, 6.45) is 0.665. The van der Waals surface area contributed by atoms with Gasteiger partial charge >= 0.3 is 5.97 Å². The molecule has 0 fully saturated rings. The van der Waals surface area contributed by atoms with Gasteiger partial charge in [0, 0.05) is 18.2 Å². The molecule has 0 aliphatic heterocycles. The number of hydrogen-bond donors (Lipinski definition) is 3. The molecule has 16 heavy (non-hydrogen) atoms. The van der Waals surface area contributed by atoms with Gasteiger partial charge in [0.15, 0.2) is 0 Å². The van der Waals surface area contributed by atoms with Crippen molar-refractivity contribution >= 4 is 17.5 Å². The molecule has 0 atom stereocenters. The van der Waals surface area contributed by atoms with Crippen molar-refractivity contribution in [3.8, 4) is 0 Å². The van der Waals surface area contributed by atoms with Gasteiger partial charge in [-0.2, -0.15) is 0 Å². The van der Waals surface area contributed by atoms with Crippen molar-refractivity contribution in [2.75, 3.05) is 0 Å². The van der Waals surface area contributed by atoms with Crippen molar-refractivity contribution in [1.29, 1.82) is 0 Å². The third kappa shape index (κ3) is 2.93. The van der Waals surface area contributed by atoms with Gasteiger partial charge in [-0.25, -0.2) is 4.79 Å². The molecule has 4 N–H and O–H groups in total. The van der Waals surface area contributed by atoms with Gasteiger partial charge in [-0.15, -0.1) is 0 Å². The third-order valence-electron chi connectivity index (χ3n) is 1.94. The second-order valence-corrected chi connectivity index (χ2v) is 3.10. The van der Waals surface area contributed by atoms with Gasteiger partial charge in [0.1, 0.15) is 5.76 Å².